The molecule has 2 rings (SSSR count). The summed E-state index contributed by atoms with van der Waals surface area (Å²) < 4.78 is 0. The number of phenolic OH excluding ortho intramolecular Hbond substituents is 3. The summed E-state index contributed by atoms with van der Waals surface area (Å²) in [7, 11) is 0. The average molecular weight is 486 g/mol. The molecule has 19 heavy (non-hydrogen) atoms. The fourth-order valence-corrected chi connectivity index (χ4v) is 1.37. The van der Waals surface area contributed by atoms with Crippen LogP contribution in [0.4, 0.5) is 0 Å². The lowest BCUT2D eigenvalue weighted by Crippen LogP contribution is -1.70. The molecule has 104 valence electrons. The zero-order valence-electron chi connectivity index (χ0n) is 10.6. The molecule has 3 nitrogen and oxygen atoms in total. The van der Waals surface area contributed by atoms with E-state index in [0.29, 0.717) is 5.75 Å². The highest BCUT2D eigenvalue weighted by molar-refractivity contribution is 15.0. The van der Waals surface area contributed by atoms with E-state index >= 15 is 0 Å². The highest BCUT2D eigenvalue weighted by Gasteiger charge is 1.91. The fraction of sp³-hybridized carbons (Fsp3) is 0.143. The van der Waals surface area contributed by atoms with Crippen LogP contribution in [-0.2, 0) is 0 Å². The first-order valence-corrected chi connectivity index (χ1v) is 11.7. The molecule has 0 heterocycles. The lowest BCUT2D eigenvalue weighted by atomic mass is 10.2. The topological polar surface area (TPSA) is 60.7 Å². The van der Waals surface area contributed by atoms with Crippen LogP contribution in [0.1, 0.15) is 11.1 Å². The Bertz CT molecular complexity index is 434. The van der Waals surface area contributed by atoms with Gasteiger partial charge in [0.05, 0.1) is 0 Å². The maximum atomic E-state index is 8.83. The zero-order chi connectivity index (χ0) is 14.8. The second-order valence-electron chi connectivity index (χ2n) is 3.87. The van der Waals surface area contributed by atoms with Gasteiger partial charge < -0.3 is 15.3 Å². The second kappa shape index (κ2) is 10.1. The van der Waals surface area contributed by atoms with Crippen molar-refractivity contribution in [2.24, 2.45) is 0 Å². The van der Waals surface area contributed by atoms with Crippen molar-refractivity contribution in [3.05, 3.63) is 53.6 Å². The van der Waals surface area contributed by atoms with Crippen molar-refractivity contribution in [3.8, 4) is 17.2 Å². The minimum absolute atomic E-state index is 0.104. The number of benzene rings is 2. The molecule has 3 N–H and O–H groups in total. The van der Waals surface area contributed by atoms with E-state index in [1.807, 2.05) is 19.1 Å². The maximum absolute atomic E-state index is 8.83. The number of rotatable bonds is 0. The first-order valence-electron chi connectivity index (χ1n) is 5.37. The van der Waals surface area contributed by atoms with E-state index in [1.54, 1.807) is 31.2 Å². The third-order valence-corrected chi connectivity index (χ3v) is 2.05. The Balaban J connectivity index is 0.000000303. The lowest BCUT2D eigenvalue weighted by Gasteiger charge is -1.94. The van der Waals surface area contributed by atoms with E-state index in [1.165, 1.54) is 6.07 Å². The SMILES string of the molecule is Cc1cc(O)cc(O)c1.Cc1cccc(O)c1.II. The highest BCUT2D eigenvalue weighted by Crippen LogP contribution is 2.18. The standard InChI is InChI=1S/C7H8O2.C7H8O.I2/c1-5-2-6(8)4-7(9)3-5;1-6-3-2-4-7(8)5-6;1-2/h2-4,8-9H,1H3;2-5,8H,1H3;. The van der Waals surface area contributed by atoms with Crippen LogP contribution in [0.3, 0.4) is 0 Å². The zero-order valence-corrected chi connectivity index (χ0v) is 15.0. The van der Waals surface area contributed by atoms with Crippen LogP contribution >= 0.6 is 37.2 Å². The Morgan fingerprint density at radius 1 is 0.684 bits per heavy atom. The molecule has 0 atom stereocenters. The minimum Gasteiger partial charge on any atom is -0.508 e. The van der Waals surface area contributed by atoms with Gasteiger partial charge >= 0.3 is 0 Å². The van der Waals surface area contributed by atoms with Gasteiger partial charge in [0.15, 0.2) is 0 Å². The van der Waals surface area contributed by atoms with Crippen molar-refractivity contribution in [3.63, 3.8) is 0 Å². The van der Waals surface area contributed by atoms with Gasteiger partial charge in [-0.15, -0.1) is 0 Å². The van der Waals surface area contributed by atoms with Crippen molar-refractivity contribution in [2.75, 3.05) is 0 Å². The van der Waals surface area contributed by atoms with Crippen LogP contribution < -0.4 is 0 Å². The average Bonchev–Trinajstić information content (AvgIpc) is 2.30. The summed E-state index contributed by atoms with van der Waals surface area (Å²) in [6.07, 6.45) is 0. The van der Waals surface area contributed by atoms with Crippen LogP contribution in [0, 0.1) is 13.8 Å². The van der Waals surface area contributed by atoms with E-state index in [4.69, 9.17) is 15.3 Å². The van der Waals surface area contributed by atoms with Crippen LogP contribution in [0.15, 0.2) is 42.5 Å². The van der Waals surface area contributed by atoms with Crippen molar-refractivity contribution < 1.29 is 15.3 Å². The Labute approximate surface area is 136 Å². The Hall–Kier alpha value is -0.700. The second-order valence-corrected chi connectivity index (χ2v) is 3.87. The molecule has 0 spiro atoms. The molecule has 2 aromatic rings. The first kappa shape index (κ1) is 18.3. The van der Waals surface area contributed by atoms with E-state index in [2.05, 4.69) is 37.2 Å². The monoisotopic (exact) mass is 486 g/mol. The quantitative estimate of drug-likeness (QED) is 0.466. The molecule has 0 unspecified atom stereocenters. The summed E-state index contributed by atoms with van der Waals surface area (Å²) in [6.45, 7) is 3.75. The van der Waals surface area contributed by atoms with Gasteiger partial charge in [0.2, 0.25) is 0 Å². The predicted molar refractivity (Wildman–Crippen MR) is 95.4 cm³/mol. The first-order chi connectivity index (χ1) is 8.97. The summed E-state index contributed by atoms with van der Waals surface area (Å²) >= 11 is 4.24. The molecule has 2 aromatic carbocycles. The normalized spacial score (nSPS) is 8.63. The van der Waals surface area contributed by atoms with Crippen molar-refractivity contribution in [2.45, 2.75) is 13.8 Å². The molecule has 0 bridgehead atoms. The van der Waals surface area contributed by atoms with Gasteiger partial charge in [-0.3, -0.25) is 0 Å². The largest absolute Gasteiger partial charge is 0.508 e. The molecule has 0 radical (unpaired) electrons. The molecule has 5 heteroatoms. The van der Waals surface area contributed by atoms with Crippen molar-refractivity contribution in [1.29, 1.82) is 0 Å². The number of aromatic hydroxyl groups is 3. The van der Waals surface area contributed by atoms with E-state index in [-0.39, 0.29) is 11.5 Å². The van der Waals surface area contributed by atoms with Crippen molar-refractivity contribution in [1.82, 2.24) is 0 Å². The van der Waals surface area contributed by atoms with Crippen molar-refractivity contribution >= 4 is 37.2 Å². The van der Waals surface area contributed by atoms with Crippen LogP contribution in [0.25, 0.3) is 0 Å². The van der Waals surface area contributed by atoms with E-state index < -0.39 is 0 Å². The minimum atomic E-state index is 0.104. The number of hydrogen-bond donors (Lipinski definition) is 3. The summed E-state index contributed by atoms with van der Waals surface area (Å²) in [4.78, 5) is 0. The van der Waals surface area contributed by atoms with E-state index in [9.17, 15) is 0 Å². The van der Waals surface area contributed by atoms with Crippen LogP contribution in [0.5, 0.6) is 17.2 Å². The number of halogens is 2. The maximum Gasteiger partial charge on any atom is 0.119 e. The number of aryl methyl sites for hydroxylation is 2. The van der Waals surface area contributed by atoms with Gasteiger partial charge in [0, 0.05) is 43.3 Å². The predicted octanol–water partition coefficient (Wildman–Crippen LogP) is 4.88. The molecule has 0 aliphatic rings. The van der Waals surface area contributed by atoms with Gasteiger partial charge in [0.25, 0.3) is 0 Å². The summed E-state index contributed by atoms with van der Waals surface area (Å²) in [5, 5.41) is 26.5. The highest BCUT2D eigenvalue weighted by atomic mass is 128. The van der Waals surface area contributed by atoms with Gasteiger partial charge in [-0.25, -0.2) is 0 Å². The molecule has 0 fully saturated rings. The summed E-state index contributed by atoms with van der Waals surface area (Å²) in [5.41, 5.74) is 1.94. The van der Waals surface area contributed by atoms with Gasteiger partial charge in [0.1, 0.15) is 17.2 Å². The smallest absolute Gasteiger partial charge is 0.119 e. The van der Waals surface area contributed by atoms with Crippen LogP contribution in [-0.4, -0.2) is 15.3 Å². The molecular weight excluding hydrogens is 470 g/mol. The third kappa shape index (κ3) is 8.93. The van der Waals surface area contributed by atoms with Gasteiger partial charge in [-0.05, 0) is 49.2 Å². The molecule has 0 saturated carbocycles. The number of phenols is 3. The molecule has 0 saturated heterocycles. The van der Waals surface area contributed by atoms with E-state index in [0.717, 1.165) is 11.1 Å². The Kier molecular flexibility index (Phi) is 9.76. The molecule has 0 aliphatic carbocycles. The van der Waals surface area contributed by atoms with Gasteiger partial charge in [-0.1, -0.05) is 12.1 Å². The molecule has 0 aromatic heterocycles. The molecule has 0 amide bonds. The molecular formula is C14H16I2O3. The lowest BCUT2D eigenvalue weighted by molar-refractivity contribution is 0.450. The Morgan fingerprint density at radius 2 is 1.16 bits per heavy atom. The fourth-order valence-electron chi connectivity index (χ4n) is 1.37. The summed E-state index contributed by atoms with van der Waals surface area (Å²) in [5.74, 6) is 0.546. The van der Waals surface area contributed by atoms with Crippen LogP contribution in [0.2, 0.25) is 0 Å². The summed E-state index contributed by atoms with van der Waals surface area (Å²) in [6, 6.07) is 11.6. The third-order valence-electron chi connectivity index (χ3n) is 2.05. The Morgan fingerprint density at radius 3 is 1.47 bits per heavy atom. The number of hydrogen-bond acceptors (Lipinski definition) is 3. The van der Waals surface area contributed by atoms with Gasteiger partial charge in [-0.2, -0.15) is 0 Å². The molecule has 0 aliphatic heterocycles.